The van der Waals surface area contributed by atoms with Crippen LogP contribution in [0.3, 0.4) is 0 Å². The Balaban J connectivity index is 2.19. The molecule has 0 aliphatic carbocycles. The normalized spacial score (nSPS) is 12.9. The van der Waals surface area contributed by atoms with Crippen LogP contribution in [0.5, 0.6) is 5.75 Å². The standard InChI is InChI=1S/C26H29F2NO7/c1-3-34-24(31)8-6-4-5-7-23(33-2)25(18-9-12-20(13-10-18)35-16-15-30)36-26(32)29-22-14-11-19(27)17-21(22)28/h4-6,8-14,17,23,25,30H,3,7,15-16H2,1-2H3,(H,29,32)/b5-4+,8-6+/t23-,25-/m0/s1. The third kappa shape index (κ3) is 9.47. The fraction of sp³-hybridized carbons (Fsp3) is 0.308. The summed E-state index contributed by atoms with van der Waals surface area (Å²) in [6.45, 7) is 1.95. The number of esters is 1. The zero-order valence-electron chi connectivity index (χ0n) is 20.0. The second-order valence-corrected chi connectivity index (χ2v) is 7.27. The maximum atomic E-state index is 14.0. The molecule has 36 heavy (non-hydrogen) atoms. The summed E-state index contributed by atoms with van der Waals surface area (Å²) in [5, 5.41) is 11.2. The quantitative estimate of drug-likeness (QED) is 0.231. The lowest BCUT2D eigenvalue weighted by Crippen LogP contribution is -2.28. The van der Waals surface area contributed by atoms with Crippen LogP contribution in [0, 0.1) is 11.6 Å². The van der Waals surface area contributed by atoms with E-state index in [0.29, 0.717) is 17.4 Å². The number of amides is 1. The highest BCUT2D eigenvalue weighted by Crippen LogP contribution is 2.28. The van der Waals surface area contributed by atoms with Crippen LogP contribution in [0.25, 0.3) is 0 Å². The average molecular weight is 506 g/mol. The number of carbonyl (C=O) groups is 2. The smallest absolute Gasteiger partial charge is 0.412 e. The molecule has 0 fully saturated rings. The minimum Gasteiger partial charge on any atom is -0.491 e. The van der Waals surface area contributed by atoms with Gasteiger partial charge in [-0.25, -0.2) is 18.4 Å². The van der Waals surface area contributed by atoms with Crippen molar-refractivity contribution in [3.05, 3.63) is 84.0 Å². The summed E-state index contributed by atoms with van der Waals surface area (Å²) in [7, 11) is 1.44. The second kappa shape index (κ2) is 15.3. The molecular formula is C26H29F2NO7. The van der Waals surface area contributed by atoms with Crippen LogP contribution in [0.2, 0.25) is 0 Å². The first kappa shape index (κ1) is 28.5. The number of carbonyl (C=O) groups excluding carboxylic acids is 2. The molecule has 0 saturated carbocycles. The number of ether oxygens (including phenoxy) is 4. The predicted molar refractivity (Wildman–Crippen MR) is 129 cm³/mol. The molecule has 0 unspecified atom stereocenters. The number of hydrogen-bond acceptors (Lipinski definition) is 7. The van der Waals surface area contributed by atoms with Crippen LogP contribution in [0.4, 0.5) is 19.3 Å². The van der Waals surface area contributed by atoms with Crippen LogP contribution in [-0.4, -0.2) is 50.2 Å². The van der Waals surface area contributed by atoms with Crippen LogP contribution in [-0.2, 0) is 19.0 Å². The molecular weight excluding hydrogens is 476 g/mol. The van der Waals surface area contributed by atoms with E-state index in [9.17, 15) is 18.4 Å². The number of aliphatic hydroxyl groups excluding tert-OH is 1. The maximum Gasteiger partial charge on any atom is 0.412 e. The maximum absolute atomic E-state index is 14.0. The number of allylic oxidation sites excluding steroid dienone is 2. The van der Waals surface area contributed by atoms with Crippen molar-refractivity contribution in [3.63, 3.8) is 0 Å². The van der Waals surface area contributed by atoms with E-state index >= 15 is 0 Å². The highest BCUT2D eigenvalue weighted by atomic mass is 19.1. The molecule has 2 aromatic rings. The lowest BCUT2D eigenvalue weighted by atomic mass is 10.0. The van der Waals surface area contributed by atoms with Gasteiger partial charge in [0.1, 0.15) is 30.1 Å². The molecule has 0 spiro atoms. The highest BCUT2D eigenvalue weighted by Gasteiger charge is 2.27. The monoisotopic (exact) mass is 505 g/mol. The topological polar surface area (TPSA) is 103 Å². The van der Waals surface area contributed by atoms with Crippen molar-refractivity contribution in [2.75, 3.05) is 32.2 Å². The van der Waals surface area contributed by atoms with Gasteiger partial charge < -0.3 is 24.1 Å². The number of hydrogen-bond donors (Lipinski definition) is 2. The molecule has 1 amide bonds. The number of rotatable bonds is 13. The van der Waals surface area contributed by atoms with Gasteiger partial charge in [0.15, 0.2) is 6.10 Å². The zero-order valence-corrected chi connectivity index (χ0v) is 20.0. The Morgan fingerprint density at radius 2 is 1.86 bits per heavy atom. The summed E-state index contributed by atoms with van der Waals surface area (Å²) in [4.78, 5) is 24.0. The minimum atomic E-state index is -0.973. The largest absolute Gasteiger partial charge is 0.491 e. The van der Waals surface area contributed by atoms with E-state index in [1.807, 2.05) is 0 Å². The fourth-order valence-electron chi connectivity index (χ4n) is 3.08. The van der Waals surface area contributed by atoms with Crippen molar-refractivity contribution in [1.29, 1.82) is 0 Å². The van der Waals surface area contributed by atoms with E-state index in [0.717, 1.165) is 12.1 Å². The lowest BCUT2D eigenvalue weighted by molar-refractivity contribution is -0.137. The Morgan fingerprint density at radius 3 is 2.50 bits per heavy atom. The van der Waals surface area contributed by atoms with Gasteiger partial charge in [-0.05, 0) is 43.2 Å². The third-order valence-corrected chi connectivity index (χ3v) is 4.75. The van der Waals surface area contributed by atoms with Gasteiger partial charge >= 0.3 is 12.1 Å². The number of halogens is 2. The highest BCUT2D eigenvalue weighted by molar-refractivity contribution is 5.85. The molecule has 0 radical (unpaired) electrons. The van der Waals surface area contributed by atoms with Gasteiger partial charge in [-0.15, -0.1) is 0 Å². The average Bonchev–Trinajstić information content (AvgIpc) is 2.86. The molecule has 2 N–H and O–H groups in total. The first-order valence-electron chi connectivity index (χ1n) is 11.2. The van der Waals surface area contributed by atoms with Gasteiger partial charge in [-0.2, -0.15) is 0 Å². The molecule has 0 bridgehead atoms. The van der Waals surface area contributed by atoms with Gasteiger partial charge in [0.05, 0.1) is 18.9 Å². The molecule has 0 aromatic heterocycles. The molecule has 194 valence electrons. The minimum absolute atomic E-state index is 0.121. The number of methoxy groups -OCH3 is 1. The van der Waals surface area contributed by atoms with Crippen LogP contribution in [0.15, 0.2) is 66.8 Å². The Kier molecular flexibility index (Phi) is 12.1. The fourth-order valence-corrected chi connectivity index (χ4v) is 3.08. The van der Waals surface area contributed by atoms with E-state index in [4.69, 9.17) is 24.1 Å². The van der Waals surface area contributed by atoms with Gasteiger partial charge in [-0.1, -0.05) is 30.4 Å². The van der Waals surface area contributed by atoms with Crippen molar-refractivity contribution in [2.24, 2.45) is 0 Å². The SMILES string of the molecule is CCOC(=O)/C=C/C=C/C[C@H](OC)[C@@H](OC(=O)Nc1ccc(F)cc1F)c1ccc(OCCO)cc1. The lowest BCUT2D eigenvalue weighted by Gasteiger charge is -2.26. The van der Waals surface area contributed by atoms with Crippen molar-refractivity contribution in [3.8, 4) is 5.75 Å². The summed E-state index contributed by atoms with van der Waals surface area (Å²) >= 11 is 0. The van der Waals surface area contributed by atoms with E-state index in [1.54, 1.807) is 43.3 Å². The molecule has 2 aromatic carbocycles. The van der Waals surface area contributed by atoms with Crippen molar-refractivity contribution in [2.45, 2.75) is 25.6 Å². The Hall–Kier alpha value is -3.76. The summed E-state index contributed by atoms with van der Waals surface area (Å²) in [6, 6.07) is 9.35. The van der Waals surface area contributed by atoms with Gasteiger partial charge in [0, 0.05) is 19.3 Å². The molecule has 2 rings (SSSR count). The number of benzene rings is 2. The second-order valence-electron chi connectivity index (χ2n) is 7.27. The van der Waals surface area contributed by atoms with Gasteiger partial charge in [0.25, 0.3) is 0 Å². The number of nitrogens with one attached hydrogen (secondary N) is 1. The third-order valence-electron chi connectivity index (χ3n) is 4.75. The van der Waals surface area contributed by atoms with Crippen LogP contribution < -0.4 is 10.1 Å². The Morgan fingerprint density at radius 1 is 1.11 bits per heavy atom. The molecule has 2 atom stereocenters. The van der Waals surface area contributed by atoms with E-state index in [1.165, 1.54) is 19.3 Å². The van der Waals surface area contributed by atoms with E-state index in [-0.39, 0.29) is 31.9 Å². The summed E-state index contributed by atoms with van der Waals surface area (Å²) in [5.74, 6) is -1.70. The molecule has 0 heterocycles. The van der Waals surface area contributed by atoms with E-state index in [2.05, 4.69) is 5.32 Å². The van der Waals surface area contributed by atoms with Gasteiger partial charge in [-0.3, -0.25) is 5.32 Å². The summed E-state index contributed by atoms with van der Waals surface area (Å²) < 4.78 is 48.5. The molecule has 8 nitrogen and oxygen atoms in total. The molecule has 0 aliphatic heterocycles. The molecule has 0 saturated heterocycles. The molecule has 0 aliphatic rings. The zero-order chi connectivity index (χ0) is 26.3. The van der Waals surface area contributed by atoms with Crippen LogP contribution in [0.1, 0.15) is 25.0 Å². The molecule has 10 heteroatoms. The van der Waals surface area contributed by atoms with E-state index < -0.39 is 35.9 Å². The predicted octanol–water partition coefficient (Wildman–Crippen LogP) is 4.71. The summed E-state index contributed by atoms with van der Waals surface area (Å²) in [5.41, 5.74) is 0.314. The van der Waals surface area contributed by atoms with Crippen molar-refractivity contribution in [1.82, 2.24) is 0 Å². The van der Waals surface area contributed by atoms with Crippen LogP contribution >= 0.6 is 0 Å². The van der Waals surface area contributed by atoms with Crippen molar-refractivity contribution < 1.29 is 42.4 Å². The summed E-state index contributed by atoms with van der Waals surface area (Å²) in [6.07, 6.45) is 3.85. The van der Waals surface area contributed by atoms with Gasteiger partial charge in [0.2, 0.25) is 0 Å². The Bertz CT molecular complexity index is 1040. The van der Waals surface area contributed by atoms with Crippen molar-refractivity contribution >= 4 is 17.7 Å². The number of aliphatic hydroxyl groups is 1. The number of anilines is 1. The Labute approximate surface area is 208 Å². The first-order valence-corrected chi connectivity index (χ1v) is 11.2. The first-order chi connectivity index (χ1) is 17.4.